The summed E-state index contributed by atoms with van der Waals surface area (Å²) in [5.41, 5.74) is 3.13. The molecule has 1 saturated carbocycles. The van der Waals surface area contributed by atoms with E-state index in [4.69, 9.17) is 0 Å². The number of aliphatic hydroxyl groups excluding tert-OH is 1. The summed E-state index contributed by atoms with van der Waals surface area (Å²) in [6.07, 6.45) is 3.13. The highest BCUT2D eigenvalue weighted by Gasteiger charge is 2.44. The molecule has 35 heavy (non-hydrogen) atoms. The monoisotopic (exact) mass is 476 g/mol. The minimum atomic E-state index is -0.958. The molecule has 0 bridgehead atoms. The van der Waals surface area contributed by atoms with E-state index in [0.717, 1.165) is 24.0 Å². The fourth-order valence-electron chi connectivity index (χ4n) is 5.82. The molecule has 2 aromatic rings. The zero-order valence-corrected chi connectivity index (χ0v) is 19.4. The quantitative estimate of drug-likeness (QED) is 0.642. The molecular weight excluding hydrogens is 448 g/mol. The molecule has 0 unspecified atom stereocenters. The van der Waals surface area contributed by atoms with Crippen LogP contribution in [-0.4, -0.2) is 56.8 Å². The van der Waals surface area contributed by atoms with Gasteiger partial charge in [-0.15, -0.1) is 0 Å². The molecule has 0 aromatic heterocycles. The van der Waals surface area contributed by atoms with Gasteiger partial charge in [0.2, 0.25) is 5.91 Å². The molecule has 3 amide bonds. The first kappa shape index (κ1) is 23.2. The minimum absolute atomic E-state index is 0.0234. The lowest BCUT2D eigenvalue weighted by atomic mass is 9.77. The number of fused-ring (bicyclic) bond motifs is 2. The standard InChI is InChI=1S/C27H28N2O6/c30-15-16-9-10-17-11-12-28(24(31)20-7-3-4-8-21(20)27(34)35)23(22(17)13-16)14-29-25(32)18-5-1-2-6-19(18)26(29)33/h1-2,5-6,9-10,13,20-21,23,30H,3-4,7-8,11-12,14-15H2,(H,34,35)/t20-,21+,23-/m1/s1. The summed E-state index contributed by atoms with van der Waals surface area (Å²) in [7, 11) is 0. The number of hydrogen-bond donors (Lipinski definition) is 2. The lowest BCUT2D eigenvalue weighted by molar-refractivity contribution is -0.153. The Hall–Kier alpha value is -3.52. The van der Waals surface area contributed by atoms with Crippen molar-refractivity contribution in [1.29, 1.82) is 0 Å². The lowest BCUT2D eigenvalue weighted by Crippen LogP contribution is -2.50. The second kappa shape index (κ2) is 9.26. The molecule has 0 radical (unpaired) electrons. The van der Waals surface area contributed by atoms with Gasteiger partial charge in [-0.3, -0.25) is 24.1 Å². The van der Waals surface area contributed by atoms with Crippen LogP contribution in [0.2, 0.25) is 0 Å². The second-order valence-corrected chi connectivity index (χ2v) is 9.59. The van der Waals surface area contributed by atoms with Gasteiger partial charge >= 0.3 is 5.97 Å². The van der Waals surface area contributed by atoms with E-state index in [2.05, 4.69) is 0 Å². The van der Waals surface area contributed by atoms with Crippen molar-refractivity contribution in [2.45, 2.75) is 44.8 Å². The van der Waals surface area contributed by atoms with E-state index in [0.29, 0.717) is 42.5 Å². The van der Waals surface area contributed by atoms with Crippen LogP contribution in [0, 0.1) is 11.8 Å². The Morgan fingerprint density at radius 2 is 1.60 bits per heavy atom. The van der Waals surface area contributed by atoms with Gasteiger partial charge in [-0.2, -0.15) is 0 Å². The second-order valence-electron chi connectivity index (χ2n) is 9.59. The highest BCUT2D eigenvalue weighted by Crippen LogP contribution is 2.38. The first-order valence-electron chi connectivity index (χ1n) is 12.1. The van der Waals surface area contributed by atoms with E-state index in [9.17, 15) is 29.4 Å². The molecular formula is C27H28N2O6. The Kier molecular flexibility index (Phi) is 6.15. The normalized spacial score (nSPS) is 23.7. The fourth-order valence-corrected chi connectivity index (χ4v) is 5.82. The van der Waals surface area contributed by atoms with E-state index < -0.39 is 35.7 Å². The van der Waals surface area contributed by atoms with E-state index in [-0.39, 0.29) is 19.1 Å². The minimum Gasteiger partial charge on any atom is -0.481 e. The molecule has 2 aliphatic heterocycles. The summed E-state index contributed by atoms with van der Waals surface area (Å²) in [5.74, 6) is -3.36. The topological polar surface area (TPSA) is 115 Å². The number of carboxylic acid groups (broad SMARTS) is 1. The summed E-state index contributed by atoms with van der Waals surface area (Å²) in [6.45, 7) is 0.177. The van der Waals surface area contributed by atoms with Crippen molar-refractivity contribution < 1.29 is 29.4 Å². The zero-order chi connectivity index (χ0) is 24.7. The van der Waals surface area contributed by atoms with Crippen molar-refractivity contribution in [1.82, 2.24) is 9.80 Å². The van der Waals surface area contributed by atoms with Crippen molar-refractivity contribution >= 4 is 23.7 Å². The molecule has 5 rings (SSSR count). The largest absolute Gasteiger partial charge is 0.481 e. The third kappa shape index (κ3) is 4.01. The number of carbonyl (C=O) groups excluding carboxylic acids is 3. The molecule has 1 fully saturated rings. The molecule has 8 nitrogen and oxygen atoms in total. The smallest absolute Gasteiger partial charge is 0.307 e. The first-order chi connectivity index (χ1) is 16.9. The van der Waals surface area contributed by atoms with Crippen LogP contribution in [0.1, 0.15) is 69.1 Å². The molecule has 182 valence electrons. The zero-order valence-electron chi connectivity index (χ0n) is 19.4. The van der Waals surface area contributed by atoms with E-state index in [1.807, 2.05) is 18.2 Å². The number of carbonyl (C=O) groups is 4. The van der Waals surface area contributed by atoms with Crippen molar-refractivity contribution in [2.75, 3.05) is 13.1 Å². The van der Waals surface area contributed by atoms with Gasteiger partial charge in [-0.05, 0) is 48.1 Å². The van der Waals surface area contributed by atoms with Crippen LogP contribution in [0.25, 0.3) is 0 Å². The third-order valence-corrected chi connectivity index (χ3v) is 7.67. The number of aliphatic carboxylic acids is 1. The number of amides is 3. The Morgan fingerprint density at radius 3 is 2.23 bits per heavy atom. The van der Waals surface area contributed by atoms with Gasteiger partial charge < -0.3 is 15.1 Å². The average molecular weight is 477 g/mol. The predicted octanol–water partition coefficient (Wildman–Crippen LogP) is 2.79. The van der Waals surface area contributed by atoms with Gasteiger partial charge in [-0.1, -0.05) is 43.2 Å². The Bertz CT molecular complexity index is 1170. The third-order valence-electron chi connectivity index (χ3n) is 7.67. The summed E-state index contributed by atoms with van der Waals surface area (Å²) in [4.78, 5) is 54.8. The maximum atomic E-state index is 13.8. The van der Waals surface area contributed by atoms with Gasteiger partial charge in [0.05, 0.1) is 42.2 Å². The first-order valence-corrected chi connectivity index (χ1v) is 12.1. The Labute approximate surface area is 203 Å². The highest BCUT2D eigenvalue weighted by atomic mass is 16.4. The maximum absolute atomic E-state index is 13.8. The fraction of sp³-hybridized carbons (Fsp3) is 0.407. The Balaban J connectivity index is 1.52. The summed E-state index contributed by atoms with van der Waals surface area (Å²) < 4.78 is 0. The van der Waals surface area contributed by atoms with Gasteiger partial charge in [-0.25, -0.2) is 0 Å². The van der Waals surface area contributed by atoms with E-state index in [1.165, 1.54) is 4.90 Å². The molecule has 2 aromatic carbocycles. The van der Waals surface area contributed by atoms with Crippen LogP contribution in [0.4, 0.5) is 0 Å². The highest BCUT2D eigenvalue weighted by molar-refractivity contribution is 6.21. The molecule has 0 saturated heterocycles. The predicted molar refractivity (Wildman–Crippen MR) is 125 cm³/mol. The van der Waals surface area contributed by atoms with Gasteiger partial charge in [0.15, 0.2) is 0 Å². The van der Waals surface area contributed by atoms with Gasteiger partial charge in [0.25, 0.3) is 11.8 Å². The van der Waals surface area contributed by atoms with Crippen molar-refractivity contribution in [3.05, 3.63) is 70.3 Å². The molecule has 2 N–H and O–H groups in total. The van der Waals surface area contributed by atoms with Crippen molar-refractivity contribution in [3.8, 4) is 0 Å². The van der Waals surface area contributed by atoms with Crippen molar-refractivity contribution in [2.24, 2.45) is 11.8 Å². The Morgan fingerprint density at radius 1 is 0.943 bits per heavy atom. The van der Waals surface area contributed by atoms with Crippen LogP contribution in [0.5, 0.6) is 0 Å². The number of hydrogen-bond acceptors (Lipinski definition) is 5. The number of imide groups is 1. The maximum Gasteiger partial charge on any atom is 0.307 e. The lowest BCUT2D eigenvalue weighted by Gasteiger charge is -2.42. The van der Waals surface area contributed by atoms with Gasteiger partial charge in [0.1, 0.15) is 0 Å². The number of rotatable bonds is 5. The van der Waals surface area contributed by atoms with Crippen LogP contribution < -0.4 is 0 Å². The average Bonchev–Trinajstić information content (AvgIpc) is 3.13. The molecule has 1 aliphatic carbocycles. The summed E-state index contributed by atoms with van der Waals surface area (Å²) >= 11 is 0. The molecule has 2 heterocycles. The van der Waals surface area contributed by atoms with Crippen LogP contribution >= 0.6 is 0 Å². The number of aliphatic hydroxyl groups is 1. The molecule has 0 spiro atoms. The van der Waals surface area contributed by atoms with E-state index in [1.54, 1.807) is 29.2 Å². The van der Waals surface area contributed by atoms with Gasteiger partial charge in [0, 0.05) is 6.54 Å². The van der Waals surface area contributed by atoms with Crippen LogP contribution in [0.15, 0.2) is 42.5 Å². The number of benzene rings is 2. The molecule has 3 aliphatic rings. The summed E-state index contributed by atoms with van der Waals surface area (Å²) in [6, 6.07) is 11.6. The van der Waals surface area contributed by atoms with Crippen molar-refractivity contribution in [3.63, 3.8) is 0 Å². The molecule has 8 heteroatoms. The van der Waals surface area contributed by atoms with E-state index >= 15 is 0 Å². The number of nitrogens with zero attached hydrogens (tertiary/aromatic N) is 2. The molecule has 3 atom stereocenters. The summed E-state index contributed by atoms with van der Waals surface area (Å²) in [5, 5.41) is 19.5. The SMILES string of the molecule is O=C(O)[C@H]1CCCC[C@H]1C(=O)N1CCc2ccc(CO)cc2[C@H]1CN1C(=O)c2ccccc2C1=O. The van der Waals surface area contributed by atoms with Crippen LogP contribution in [0.3, 0.4) is 0 Å². The number of carboxylic acids is 1. The van der Waals surface area contributed by atoms with Crippen LogP contribution in [-0.2, 0) is 22.6 Å².